The summed E-state index contributed by atoms with van der Waals surface area (Å²) >= 11 is 7.61. The van der Waals surface area contributed by atoms with Crippen LogP contribution in [0.15, 0.2) is 42.5 Å². The van der Waals surface area contributed by atoms with Gasteiger partial charge in [-0.2, -0.15) is 0 Å². The van der Waals surface area contributed by atoms with Gasteiger partial charge >= 0.3 is 0 Å². The van der Waals surface area contributed by atoms with Crippen molar-refractivity contribution >= 4 is 62.9 Å². The first-order chi connectivity index (χ1) is 15.9. The Morgan fingerprint density at radius 3 is 2.39 bits per heavy atom. The lowest BCUT2D eigenvalue weighted by molar-refractivity contribution is -0.384. The van der Waals surface area contributed by atoms with Crippen molar-refractivity contribution in [2.75, 3.05) is 62.3 Å². The Morgan fingerprint density at radius 2 is 1.73 bits per heavy atom. The Balaban J connectivity index is 1.40. The predicted molar refractivity (Wildman–Crippen MR) is 139 cm³/mol. The molecule has 2 heterocycles. The molecule has 2 aliphatic rings. The fraction of sp³-hybridized carbons (Fsp3) is 0.364. The minimum atomic E-state index is -0.332. The van der Waals surface area contributed by atoms with Gasteiger partial charge in [-0.25, -0.2) is 0 Å². The van der Waals surface area contributed by atoms with Crippen LogP contribution in [0, 0.1) is 13.7 Å². The summed E-state index contributed by atoms with van der Waals surface area (Å²) in [4.78, 5) is 30.0. The van der Waals surface area contributed by atoms with Gasteiger partial charge in [-0.05, 0) is 59.1 Å². The van der Waals surface area contributed by atoms with E-state index < -0.39 is 0 Å². The van der Waals surface area contributed by atoms with E-state index in [1.54, 1.807) is 18.2 Å². The number of thiocarbonyl (C=S) groups is 1. The van der Waals surface area contributed by atoms with E-state index in [1.165, 1.54) is 0 Å². The molecule has 11 heteroatoms. The number of ether oxygens (including phenoxy) is 1. The second-order valence-electron chi connectivity index (χ2n) is 7.74. The lowest BCUT2D eigenvalue weighted by atomic mass is 10.1. The molecule has 0 aliphatic carbocycles. The molecule has 4 rings (SSSR count). The van der Waals surface area contributed by atoms with Crippen molar-refractivity contribution in [2.24, 2.45) is 0 Å². The van der Waals surface area contributed by atoms with Gasteiger partial charge in [-0.15, -0.1) is 0 Å². The summed E-state index contributed by atoms with van der Waals surface area (Å²) < 4.78 is 6.26. The first kappa shape index (κ1) is 23.6. The number of morpholine rings is 1. The molecule has 2 saturated heterocycles. The van der Waals surface area contributed by atoms with Crippen LogP contribution in [-0.2, 0) is 4.74 Å². The Morgan fingerprint density at radius 1 is 1.03 bits per heavy atom. The van der Waals surface area contributed by atoms with E-state index in [-0.39, 0.29) is 16.5 Å². The summed E-state index contributed by atoms with van der Waals surface area (Å²) in [5.74, 6) is -0.210. The number of benzene rings is 2. The molecule has 0 aromatic heterocycles. The first-order valence-electron chi connectivity index (χ1n) is 10.6. The summed E-state index contributed by atoms with van der Waals surface area (Å²) in [6.45, 7) is 5.07. The van der Waals surface area contributed by atoms with Crippen LogP contribution in [0.1, 0.15) is 10.4 Å². The molecule has 0 spiro atoms. The highest BCUT2D eigenvalue weighted by atomic mass is 127. The van der Waals surface area contributed by atoms with Crippen LogP contribution in [-0.4, -0.2) is 73.3 Å². The number of hydrogen-bond acceptors (Lipinski definition) is 7. The van der Waals surface area contributed by atoms with Crippen molar-refractivity contribution in [3.05, 3.63) is 61.7 Å². The van der Waals surface area contributed by atoms with Crippen LogP contribution in [0.2, 0.25) is 0 Å². The zero-order valence-electron chi connectivity index (χ0n) is 17.9. The lowest BCUT2D eigenvalue weighted by Crippen LogP contribution is -2.52. The zero-order valence-corrected chi connectivity index (χ0v) is 20.9. The second-order valence-corrected chi connectivity index (χ2v) is 9.29. The molecule has 1 amide bonds. The number of hydrogen-bond donors (Lipinski definition) is 1. The Labute approximate surface area is 211 Å². The molecule has 2 aromatic rings. The van der Waals surface area contributed by atoms with Gasteiger partial charge in [0.1, 0.15) is 5.69 Å². The van der Waals surface area contributed by atoms with Crippen molar-refractivity contribution in [2.45, 2.75) is 0 Å². The smallest absolute Gasteiger partial charge is 0.292 e. The lowest BCUT2D eigenvalue weighted by Gasteiger charge is -2.37. The Bertz CT molecular complexity index is 1050. The fourth-order valence-corrected chi connectivity index (χ4v) is 4.88. The minimum absolute atomic E-state index is 0.110. The molecule has 0 radical (unpaired) electrons. The van der Waals surface area contributed by atoms with Crippen molar-refractivity contribution in [1.29, 1.82) is 0 Å². The van der Waals surface area contributed by atoms with Gasteiger partial charge < -0.3 is 19.4 Å². The standard InChI is InChI=1S/C22H24IN5O4S/c23-18-4-2-1-3-17(18)21(29)24-22(33)27-9-7-25(8-10-27)16-5-6-19(28(30)31)20(15-16)26-11-13-32-14-12-26/h1-6,15H,7-14H2,(H,24,29,33). The Kier molecular flexibility index (Phi) is 7.60. The SMILES string of the molecule is O=C(NC(=S)N1CCN(c2ccc([N+](=O)[O-])c(N3CCOCC3)c2)CC1)c1ccccc1I. The van der Waals surface area contributed by atoms with Crippen molar-refractivity contribution in [3.63, 3.8) is 0 Å². The van der Waals surface area contributed by atoms with Crippen molar-refractivity contribution < 1.29 is 14.5 Å². The van der Waals surface area contributed by atoms with Crippen LogP contribution in [0.3, 0.4) is 0 Å². The number of nitro groups is 1. The number of anilines is 2. The van der Waals surface area contributed by atoms with E-state index in [1.807, 2.05) is 34.1 Å². The molecule has 2 aromatic carbocycles. The van der Waals surface area contributed by atoms with Crippen molar-refractivity contribution in [1.82, 2.24) is 10.2 Å². The normalized spacial score (nSPS) is 16.5. The number of nitrogens with one attached hydrogen (secondary N) is 1. The summed E-state index contributed by atoms with van der Waals surface area (Å²) in [6.07, 6.45) is 0. The highest BCUT2D eigenvalue weighted by molar-refractivity contribution is 14.1. The second kappa shape index (κ2) is 10.6. The van der Waals surface area contributed by atoms with Crippen LogP contribution in [0.5, 0.6) is 0 Å². The summed E-state index contributed by atoms with van der Waals surface area (Å²) in [6, 6.07) is 12.7. The number of carbonyl (C=O) groups is 1. The van der Waals surface area contributed by atoms with E-state index in [4.69, 9.17) is 17.0 Å². The molecule has 33 heavy (non-hydrogen) atoms. The third kappa shape index (κ3) is 5.53. The first-order valence-corrected chi connectivity index (χ1v) is 12.1. The number of amides is 1. The Hall–Kier alpha value is -2.51. The maximum atomic E-state index is 12.6. The van der Waals surface area contributed by atoms with Crippen molar-refractivity contribution in [3.8, 4) is 0 Å². The number of rotatable bonds is 4. The molecule has 9 nitrogen and oxygen atoms in total. The van der Waals surface area contributed by atoms with Gasteiger partial charge in [-0.3, -0.25) is 20.2 Å². The average molecular weight is 581 g/mol. The molecule has 0 unspecified atom stereocenters. The largest absolute Gasteiger partial charge is 0.378 e. The molecular formula is C22H24IN5O4S. The number of halogens is 1. The van der Waals surface area contributed by atoms with E-state index >= 15 is 0 Å². The third-order valence-electron chi connectivity index (χ3n) is 5.78. The van der Waals surface area contributed by atoms with Gasteiger partial charge in [-0.1, -0.05) is 12.1 Å². The number of carbonyl (C=O) groups excluding carboxylic acids is 1. The van der Waals surface area contributed by atoms with Gasteiger partial charge in [0.25, 0.3) is 11.6 Å². The number of piperazine rings is 1. The number of nitro benzene ring substituents is 1. The average Bonchev–Trinajstić information content (AvgIpc) is 2.84. The zero-order chi connectivity index (χ0) is 23.4. The monoisotopic (exact) mass is 581 g/mol. The molecular weight excluding hydrogens is 557 g/mol. The van der Waals surface area contributed by atoms with Crippen LogP contribution < -0.4 is 15.1 Å². The van der Waals surface area contributed by atoms with E-state index in [2.05, 4.69) is 32.8 Å². The summed E-state index contributed by atoms with van der Waals surface area (Å²) in [5.41, 5.74) is 2.28. The highest BCUT2D eigenvalue weighted by Crippen LogP contribution is 2.33. The fourth-order valence-electron chi connectivity index (χ4n) is 3.98. The maximum Gasteiger partial charge on any atom is 0.292 e. The molecule has 0 atom stereocenters. The van der Waals surface area contributed by atoms with Gasteiger partial charge in [0.2, 0.25) is 0 Å². The molecule has 0 bridgehead atoms. The van der Waals surface area contributed by atoms with Crippen LogP contribution >= 0.6 is 34.8 Å². The quantitative estimate of drug-likeness (QED) is 0.255. The summed E-state index contributed by atoms with van der Waals surface area (Å²) in [7, 11) is 0. The highest BCUT2D eigenvalue weighted by Gasteiger charge is 2.25. The van der Waals surface area contributed by atoms with Gasteiger partial charge in [0.05, 0.1) is 23.7 Å². The maximum absolute atomic E-state index is 12.6. The summed E-state index contributed by atoms with van der Waals surface area (Å²) in [5, 5.41) is 14.8. The van der Waals surface area contributed by atoms with Gasteiger partial charge in [0, 0.05) is 54.6 Å². The molecule has 174 valence electrons. The molecule has 0 saturated carbocycles. The topological polar surface area (TPSA) is 91.2 Å². The van der Waals surface area contributed by atoms with Crippen LogP contribution in [0.4, 0.5) is 17.1 Å². The third-order valence-corrected chi connectivity index (χ3v) is 7.08. The molecule has 2 aliphatic heterocycles. The molecule has 1 N–H and O–H groups in total. The predicted octanol–water partition coefficient (Wildman–Crippen LogP) is 2.87. The van der Waals surface area contributed by atoms with Crippen LogP contribution in [0.25, 0.3) is 0 Å². The van der Waals surface area contributed by atoms with E-state index in [0.717, 1.165) is 9.26 Å². The number of nitrogens with zero attached hydrogens (tertiary/aromatic N) is 4. The van der Waals surface area contributed by atoms with E-state index in [9.17, 15) is 14.9 Å². The minimum Gasteiger partial charge on any atom is -0.378 e. The van der Waals surface area contributed by atoms with E-state index in [0.29, 0.717) is 68.8 Å². The molecule has 2 fully saturated rings. The van der Waals surface area contributed by atoms with Gasteiger partial charge in [0.15, 0.2) is 5.11 Å².